The number of aromatic nitrogens is 3. The van der Waals surface area contributed by atoms with Gasteiger partial charge in [0.15, 0.2) is 5.82 Å². The molecular formula is C16H11Cl3N4. The Morgan fingerprint density at radius 2 is 1.48 bits per heavy atom. The molecule has 1 aromatic heterocycles. The molecule has 0 spiro atoms. The molecule has 0 bridgehead atoms. The van der Waals surface area contributed by atoms with E-state index in [4.69, 9.17) is 34.8 Å². The summed E-state index contributed by atoms with van der Waals surface area (Å²) in [7, 11) is 0. The Kier molecular flexibility index (Phi) is 4.66. The highest BCUT2D eigenvalue weighted by Gasteiger charge is 2.13. The maximum Gasteiger partial charge on any atom is 0.231 e. The summed E-state index contributed by atoms with van der Waals surface area (Å²) in [5, 5.41) is 4.75. The van der Waals surface area contributed by atoms with Crippen molar-refractivity contribution in [2.75, 3.05) is 5.32 Å². The van der Waals surface area contributed by atoms with Crippen LogP contribution in [-0.2, 0) is 0 Å². The molecule has 7 heteroatoms. The zero-order valence-electron chi connectivity index (χ0n) is 12.0. The van der Waals surface area contributed by atoms with E-state index in [1.54, 1.807) is 37.3 Å². The molecule has 0 fully saturated rings. The maximum absolute atomic E-state index is 6.23. The molecule has 0 amide bonds. The van der Waals surface area contributed by atoms with Gasteiger partial charge in [-0.3, -0.25) is 0 Å². The fourth-order valence-corrected chi connectivity index (χ4v) is 2.72. The number of hydrogen-bond acceptors (Lipinski definition) is 4. The number of halogens is 3. The van der Waals surface area contributed by atoms with Gasteiger partial charge in [0.2, 0.25) is 5.95 Å². The molecule has 4 nitrogen and oxygen atoms in total. The van der Waals surface area contributed by atoms with Crippen LogP contribution in [0.25, 0.3) is 11.4 Å². The Hall–Kier alpha value is -1.88. The van der Waals surface area contributed by atoms with E-state index >= 15 is 0 Å². The molecule has 116 valence electrons. The van der Waals surface area contributed by atoms with Crippen molar-refractivity contribution in [3.63, 3.8) is 0 Å². The van der Waals surface area contributed by atoms with E-state index < -0.39 is 0 Å². The van der Waals surface area contributed by atoms with Crippen LogP contribution in [0.1, 0.15) is 5.82 Å². The molecule has 23 heavy (non-hydrogen) atoms. The number of anilines is 2. The predicted octanol–water partition coefficient (Wildman–Crippen LogP) is 5.55. The highest BCUT2D eigenvalue weighted by atomic mass is 35.5. The van der Waals surface area contributed by atoms with Crippen LogP contribution in [0.3, 0.4) is 0 Å². The Morgan fingerprint density at radius 1 is 0.826 bits per heavy atom. The van der Waals surface area contributed by atoms with Crippen LogP contribution in [0.5, 0.6) is 0 Å². The van der Waals surface area contributed by atoms with E-state index in [-0.39, 0.29) is 0 Å². The molecule has 0 saturated heterocycles. The van der Waals surface area contributed by atoms with Crippen molar-refractivity contribution in [3.8, 4) is 11.4 Å². The van der Waals surface area contributed by atoms with Gasteiger partial charge in [-0.2, -0.15) is 9.97 Å². The standard InChI is InChI=1S/C16H11Cl3N4/c1-9-20-15(14-12(18)3-2-4-13(14)19)23-16(21-9)22-11-7-5-10(17)6-8-11/h2-8H,1H3,(H,20,21,22,23). The fourth-order valence-electron chi connectivity index (χ4n) is 2.02. The molecule has 0 atom stereocenters. The predicted molar refractivity (Wildman–Crippen MR) is 94.8 cm³/mol. The largest absolute Gasteiger partial charge is 0.324 e. The van der Waals surface area contributed by atoms with Gasteiger partial charge in [-0.15, -0.1) is 0 Å². The van der Waals surface area contributed by atoms with E-state index in [1.807, 2.05) is 12.1 Å². The molecule has 0 aliphatic rings. The normalized spacial score (nSPS) is 10.6. The second-order valence-corrected chi connectivity index (χ2v) is 6.01. The highest BCUT2D eigenvalue weighted by molar-refractivity contribution is 6.39. The van der Waals surface area contributed by atoms with Crippen LogP contribution in [0.4, 0.5) is 11.6 Å². The molecule has 0 aliphatic heterocycles. The summed E-state index contributed by atoms with van der Waals surface area (Å²) in [5.41, 5.74) is 1.40. The molecule has 0 unspecified atom stereocenters. The number of nitrogens with one attached hydrogen (secondary N) is 1. The summed E-state index contributed by atoms with van der Waals surface area (Å²) in [6.45, 7) is 1.78. The van der Waals surface area contributed by atoms with Crippen molar-refractivity contribution in [1.29, 1.82) is 0 Å². The summed E-state index contributed by atoms with van der Waals surface area (Å²) in [6.07, 6.45) is 0. The van der Waals surface area contributed by atoms with Gasteiger partial charge < -0.3 is 5.32 Å². The van der Waals surface area contributed by atoms with Crippen molar-refractivity contribution in [1.82, 2.24) is 15.0 Å². The average Bonchev–Trinajstić information content (AvgIpc) is 2.49. The third-order valence-corrected chi connectivity index (χ3v) is 3.92. The van der Waals surface area contributed by atoms with Gasteiger partial charge in [0, 0.05) is 10.7 Å². The van der Waals surface area contributed by atoms with Crippen LogP contribution in [0, 0.1) is 6.92 Å². The van der Waals surface area contributed by atoms with Crippen LogP contribution >= 0.6 is 34.8 Å². The number of hydrogen-bond donors (Lipinski definition) is 1. The smallest absolute Gasteiger partial charge is 0.231 e. The molecule has 1 N–H and O–H groups in total. The second-order valence-electron chi connectivity index (χ2n) is 4.76. The minimum absolute atomic E-state index is 0.408. The quantitative estimate of drug-likeness (QED) is 0.661. The third-order valence-electron chi connectivity index (χ3n) is 3.03. The molecule has 0 aliphatic carbocycles. The minimum Gasteiger partial charge on any atom is -0.324 e. The Bertz CT molecular complexity index is 830. The molecule has 3 aromatic rings. The van der Waals surface area contributed by atoms with Crippen molar-refractivity contribution >= 4 is 46.4 Å². The lowest BCUT2D eigenvalue weighted by atomic mass is 10.2. The first-order valence-corrected chi connectivity index (χ1v) is 7.86. The van der Waals surface area contributed by atoms with Gasteiger partial charge in [-0.1, -0.05) is 40.9 Å². The lowest BCUT2D eigenvalue weighted by molar-refractivity contribution is 0.991. The van der Waals surface area contributed by atoms with Crippen molar-refractivity contribution in [2.24, 2.45) is 0 Å². The van der Waals surface area contributed by atoms with E-state index in [0.29, 0.717) is 38.2 Å². The van der Waals surface area contributed by atoms with Crippen molar-refractivity contribution < 1.29 is 0 Å². The van der Waals surface area contributed by atoms with Crippen molar-refractivity contribution in [3.05, 3.63) is 63.4 Å². The molecule has 0 saturated carbocycles. The zero-order valence-corrected chi connectivity index (χ0v) is 14.3. The average molecular weight is 366 g/mol. The summed E-state index contributed by atoms with van der Waals surface area (Å²) in [6, 6.07) is 12.5. The summed E-state index contributed by atoms with van der Waals surface area (Å²) in [5.74, 6) is 1.39. The molecule has 2 aromatic carbocycles. The lowest BCUT2D eigenvalue weighted by Gasteiger charge is -2.09. The number of rotatable bonds is 3. The van der Waals surface area contributed by atoms with Gasteiger partial charge in [0.1, 0.15) is 5.82 Å². The Labute approximate surface area is 148 Å². The Morgan fingerprint density at radius 3 is 2.13 bits per heavy atom. The van der Waals surface area contributed by atoms with Crippen LogP contribution in [0.2, 0.25) is 15.1 Å². The van der Waals surface area contributed by atoms with Gasteiger partial charge in [-0.25, -0.2) is 4.98 Å². The van der Waals surface area contributed by atoms with E-state index in [0.717, 1.165) is 5.69 Å². The first kappa shape index (κ1) is 16.0. The number of aryl methyl sites for hydroxylation is 1. The molecular weight excluding hydrogens is 355 g/mol. The lowest BCUT2D eigenvalue weighted by Crippen LogP contribution is -2.03. The first-order valence-electron chi connectivity index (χ1n) is 6.72. The minimum atomic E-state index is 0.408. The highest BCUT2D eigenvalue weighted by Crippen LogP contribution is 2.32. The first-order chi connectivity index (χ1) is 11.0. The van der Waals surface area contributed by atoms with Crippen LogP contribution in [-0.4, -0.2) is 15.0 Å². The Balaban J connectivity index is 2.01. The second kappa shape index (κ2) is 6.71. The van der Waals surface area contributed by atoms with E-state index in [2.05, 4.69) is 20.3 Å². The molecule has 1 heterocycles. The SMILES string of the molecule is Cc1nc(Nc2ccc(Cl)cc2)nc(-c2c(Cl)cccc2Cl)n1. The van der Waals surface area contributed by atoms with Crippen molar-refractivity contribution in [2.45, 2.75) is 6.92 Å². The van der Waals surface area contributed by atoms with Gasteiger partial charge >= 0.3 is 0 Å². The van der Waals surface area contributed by atoms with Crippen LogP contribution < -0.4 is 5.32 Å². The summed E-state index contributed by atoms with van der Waals surface area (Å²) < 4.78 is 0. The van der Waals surface area contributed by atoms with Crippen LogP contribution in [0.15, 0.2) is 42.5 Å². The monoisotopic (exact) mass is 364 g/mol. The fraction of sp³-hybridized carbons (Fsp3) is 0.0625. The molecule has 3 rings (SSSR count). The summed E-state index contributed by atoms with van der Waals surface area (Å²) in [4.78, 5) is 13.0. The van der Waals surface area contributed by atoms with Gasteiger partial charge in [-0.05, 0) is 43.3 Å². The maximum atomic E-state index is 6.23. The summed E-state index contributed by atoms with van der Waals surface area (Å²) >= 11 is 18.3. The van der Waals surface area contributed by atoms with E-state index in [9.17, 15) is 0 Å². The van der Waals surface area contributed by atoms with Gasteiger partial charge in [0.05, 0.1) is 15.6 Å². The number of benzene rings is 2. The topological polar surface area (TPSA) is 50.7 Å². The molecule has 0 radical (unpaired) electrons. The van der Waals surface area contributed by atoms with E-state index in [1.165, 1.54) is 0 Å². The zero-order chi connectivity index (χ0) is 16.4. The van der Waals surface area contributed by atoms with Gasteiger partial charge in [0.25, 0.3) is 0 Å². The number of nitrogens with zero attached hydrogens (tertiary/aromatic N) is 3. The third kappa shape index (κ3) is 3.72.